The molecule has 0 spiro atoms. The summed E-state index contributed by atoms with van der Waals surface area (Å²) in [4.78, 5) is 15.2. The molecule has 0 radical (unpaired) electrons. The summed E-state index contributed by atoms with van der Waals surface area (Å²) < 4.78 is 3.45. The number of para-hydroxylation sites is 1. The Balaban J connectivity index is 1.70. The minimum absolute atomic E-state index is 0.136. The van der Waals surface area contributed by atoms with E-state index in [9.17, 15) is 4.79 Å². The number of halogens is 2. The Kier molecular flexibility index (Phi) is 5.71. The SMILES string of the molecule is Cc1cc(/C=C2/SC(=S)N(c3ccc(Br)c(Cl)c3)C2=O)c(C)n1-c1ccccc1. The van der Waals surface area contributed by atoms with Crippen molar-refractivity contribution >= 4 is 73.5 Å². The van der Waals surface area contributed by atoms with Crippen LogP contribution in [0, 0.1) is 13.8 Å². The molecule has 0 N–H and O–H groups in total. The van der Waals surface area contributed by atoms with Crippen molar-refractivity contribution in [3.05, 3.63) is 85.9 Å². The van der Waals surface area contributed by atoms with Crippen LogP contribution in [0.4, 0.5) is 5.69 Å². The Hall–Kier alpha value is -1.86. The second-order valence-corrected chi connectivity index (χ2v) is 9.55. The molecule has 2 heterocycles. The van der Waals surface area contributed by atoms with Crippen LogP contribution in [0.15, 0.2) is 64.0 Å². The zero-order valence-corrected chi connectivity index (χ0v) is 19.6. The van der Waals surface area contributed by atoms with Gasteiger partial charge in [-0.15, -0.1) is 0 Å². The first kappa shape index (κ1) is 20.4. The average molecular weight is 504 g/mol. The summed E-state index contributed by atoms with van der Waals surface area (Å²) in [6.45, 7) is 4.12. The zero-order valence-electron chi connectivity index (χ0n) is 15.6. The number of aryl methyl sites for hydroxylation is 1. The quantitative estimate of drug-likeness (QED) is 0.287. The Labute approximate surface area is 192 Å². The molecule has 0 saturated carbocycles. The van der Waals surface area contributed by atoms with Crippen molar-refractivity contribution in [3.8, 4) is 5.69 Å². The van der Waals surface area contributed by atoms with Crippen LogP contribution in [0.2, 0.25) is 5.02 Å². The summed E-state index contributed by atoms with van der Waals surface area (Å²) in [5, 5.41) is 0.534. The standard InChI is InChI=1S/C22H16BrClN2OS2/c1-13-10-15(14(2)25(13)16-6-4-3-5-7-16)11-20-21(27)26(22(28)29-20)17-8-9-18(23)19(24)12-17/h3-12H,1-2H3/b20-11+. The topological polar surface area (TPSA) is 25.2 Å². The Morgan fingerprint density at radius 3 is 2.48 bits per heavy atom. The van der Waals surface area contributed by atoms with E-state index in [0.717, 1.165) is 27.1 Å². The lowest BCUT2D eigenvalue weighted by atomic mass is 10.2. The lowest BCUT2D eigenvalue weighted by Gasteiger charge is -2.15. The van der Waals surface area contributed by atoms with Crippen LogP contribution in [0.1, 0.15) is 17.0 Å². The average Bonchev–Trinajstić information content (AvgIpc) is 3.13. The second-order valence-electron chi connectivity index (χ2n) is 6.61. The van der Waals surface area contributed by atoms with E-state index in [2.05, 4.69) is 52.5 Å². The van der Waals surface area contributed by atoms with E-state index in [1.807, 2.05) is 36.4 Å². The Morgan fingerprint density at radius 2 is 1.79 bits per heavy atom. The van der Waals surface area contributed by atoms with Crippen LogP contribution in [-0.2, 0) is 4.79 Å². The van der Waals surface area contributed by atoms with Gasteiger partial charge in [-0.05, 0) is 77.8 Å². The van der Waals surface area contributed by atoms with Gasteiger partial charge in [-0.1, -0.05) is 53.8 Å². The molecule has 3 aromatic rings. The smallest absolute Gasteiger partial charge is 0.270 e. The number of hydrogen-bond acceptors (Lipinski definition) is 3. The molecule has 7 heteroatoms. The molecular weight excluding hydrogens is 488 g/mol. The van der Waals surface area contributed by atoms with Gasteiger partial charge in [0, 0.05) is 21.5 Å². The summed E-state index contributed by atoms with van der Waals surface area (Å²) >= 11 is 16.4. The lowest BCUT2D eigenvalue weighted by molar-refractivity contribution is -0.113. The predicted molar refractivity (Wildman–Crippen MR) is 130 cm³/mol. The number of anilines is 1. The first-order valence-electron chi connectivity index (χ1n) is 8.84. The largest absolute Gasteiger partial charge is 0.318 e. The molecule has 1 aromatic heterocycles. The van der Waals surface area contributed by atoms with Gasteiger partial charge >= 0.3 is 0 Å². The van der Waals surface area contributed by atoms with Gasteiger partial charge < -0.3 is 4.57 Å². The van der Waals surface area contributed by atoms with E-state index in [-0.39, 0.29) is 5.91 Å². The summed E-state index contributed by atoms with van der Waals surface area (Å²) in [5.41, 5.74) is 4.94. The van der Waals surface area contributed by atoms with Crippen molar-refractivity contribution in [1.82, 2.24) is 4.57 Å². The highest BCUT2D eigenvalue weighted by Gasteiger charge is 2.33. The van der Waals surface area contributed by atoms with E-state index in [1.165, 1.54) is 16.7 Å². The number of rotatable bonds is 3. The van der Waals surface area contributed by atoms with Crippen LogP contribution in [0.25, 0.3) is 11.8 Å². The fourth-order valence-corrected chi connectivity index (χ4v) is 5.08. The van der Waals surface area contributed by atoms with Crippen molar-refractivity contribution in [2.45, 2.75) is 13.8 Å². The molecule has 2 aromatic carbocycles. The zero-order chi connectivity index (χ0) is 20.7. The maximum absolute atomic E-state index is 13.1. The number of nitrogens with zero attached hydrogens (tertiary/aromatic N) is 2. The molecule has 1 saturated heterocycles. The highest BCUT2D eigenvalue weighted by Crippen LogP contribution is 2.38. The van der Waals surface area contributed by atoms with Crippen LogP contribution >= 0.6 is 51.5 Å². The van der Waals surface area contributed by atoms with Gasteiger partial charge in [0.1, 0.15) is 0 Å². The number of carbonyl (C=O) groups excluding carboxylic acids is 1. The van der Waals surface area contributed by atoms with E-state index >= 15 is 0 Å². The molecule has 1 aliphatic heterocycles. The number of hydrogen-bond donors (Lipinski definition) is 0. The summed E-state index contributed by atoms with van der Waals surface area (Å²) in [6.07, 6.45) is 1.92. The van der Waals surface area contributed by atoms with Crippen molar-refractivity contribution < 1.29 is 4.79 Å². The molecule has 0 aliphatic carbocycles. The van der Waals surface area contributed by atoms with Crippen LogP contribution in [0.5, 0.6) is 0 Å². The van der Waals surface area contributed by atoms with E-state index in [0.29, 0.717) is 19.9 Å². The molecule has 4 rings (SSSR count). The monoisotopic (exact) mass is 502 g/mol. The summed E-state index contributed by atoms with van der Waals surface area (Å²) in [6, 6.07) is 17.6. The van der Waals surface area contributed by atoms with Gasteiger partial charge in [-0.2, -0.15) is 0 Å². The number of thiocarbonyl (C=S) groups is 1. The van der Waals surface area contributed by atoms with Crippen molar-refractivity contribution in [3.63, 3.8) is 0 Å². The highest BCUT2D eigenvalue weighted by molar-refractivity contribution is 9.10. The molecule has 0 bridgehead atoms. The number of benzene rings is 2. The Morgan fingerprint density at radius 1 is 1.07 bits per heavy atom. The predicted octanol–water partition coefficient (Wildman–Crippen LogP) is 6.92. The summed E-state index contributed by atoms with van der Waals surface area (Å²) in [5.74, 6) is -0.136. The summed E-state index contributed by atoms with van der Waals surface area (Å²) in [7, 11) is 0. The van der Waals surface area contributed by atoms with Gasteiger partial charge in [0.25, 0.3) is 5.91 Å². The van der Waals surface area contributed by atoms with Crippen molar-refractivity contribution in [1.29, 1.82) is 0 Å². The van der Waals surface area contributed by atoms with Crippen LogP contribution in [0.3, 0.4) is 0 Å². The maximum Gasteiger partial charge on any atom is 0.270 e. The fraction of sp³-hybridized carbons (Fsp3) is 0.0909. The first-order chi connectivity index (χ1) is 13.9. The number of amides is 1. The molecule has 1 aliphatic rings. The molecule has 0 unspecified atom stereocenters. The Bertz CT molecular complexity index is 1170. The van der Waals surface area contributed by atoms with Crippen molar-refractivity contribution in [2.75, 3.05) is 4.90 Å². The third-order valence-electron chi connectivity index (χ3n) is 4.73. The molecule has 3 nitrogen and oxygen atoms in total. The maximum atomic E-state index is 13.1. The van der Waals surface area contributed by atoms with Gasteiger partial charge in [0.05, 0.1) is 15.6 Å². The third kappa shape index (κ3) is 3.82. The minimum Gasteiger partial charge on any atom is -0.318 e. The van der Waals surface area contributed by atoms with Gasteiger partial charge in [-0.25, -0.2) is 0 Å². The van der Waals surface area contributed by atoms with Gasteiger partial charge in [0.15, 0.2) is 4.32 Å². The molecule has 29 heavy (non-hydrogen) atoms. The van der Waals surface area contributed by atoms with Gasteiger partial charge in [0.2, 0.25) is 0 Å². The van der Waals surface area contributed by atoms with Crippen molar-refractivity contribution in [2.24, 2.45) is 0 Å². The van der Waals surface area contributed by atoms with Gasteiger partial charge in [-0.3, -0.25) is 9.69 Å². The lowest BCUT2D eigenvalue weighted by Crippen LogP contribution is -2.27. The van der Waals surface area contributed by atoms with Crippen LogP contribution in [-0.4, -0.2) is 14.8 Å². The molecular formula is C22H16BrClN2OS2. The molecule has 146 valence electrons. The highest BCUT2D eigenvalue weighted by atomic mass is 79.9. The molecule has 0 atom stereocenters. The second kappa shape index (κ2) is 8.11. The number of carbonyl (C=O) groups is 1. The third-order valence-corrected chi connectivity index (χ3v) is 7.26. The fourth-order valence-electron chi connectivity index (χ4n) is 3.36. The van der Waals surface area contributed by atoms with E-state index < -0.39 is 0 Å². The van der Waals surface area contributed by atoms with Crippen LogP contribution < -0.4 is 4.90 Å². The van der Waals surface area contributed by atoms with E-state index in [1.54, 1.807) is 6.07 Å². The van der Waals surface area contributed by atoms with E-state index in [4.69, 9.17) is 23.8 Å². The molecule has 1 fully saturated rings. The number of thioether (sulfide) groups is 1. The molecule has 1 amide bonds. The first-order valence-corrected chi connectivity index (χ1v) is 11.2. The normalized spacial score (nSPS) is 15.6. The number of aromatic nitrogens is 1. The minimum atomic E-state index is -0.136.